The maximum atomic E-state index is 10.8. The highest BCUT2D eigenvalue weighted by Crippen LogP contribution is 2.05. The van der Waals surface area contributed by atoms with E-state index in [-0.39, 0.29) is 5.84 Å². The summed E-state index contributed by atoms with van der Waals surface area (Å²) in [7, 11) is 0. The zero-order chi connectivity index (χ0) is 14.0. The van der Waals surface area contributed by atoms with Crippen LogP contribution in [-0.4, -0.2) is 41.1 Å². The fourth-order valence-corrected chi connectivity index (χ4v) is 1.32. The highest BCUT2D eigenvalue weighted by Gasteiger charge is 2.15. The van der Waals surface area contributed by atoms with Crippen LogP contribution >= 0.6 is 11.8 Å². The van der Waals surface area contributed by atoms with Gasteiger partial charge in [-0.05, 0) is 44.2 Å². The number of hydrogen-bond acceptors (Lipinski definition) is 6. The van der Waals surface area contributed by atoms with Crippen molar-refractivity contribution in [1.82, 2.24) is 5.48 Å². The first kappa shape index (κ1) is 16.7. The van der Waals surface area contributed by atoms with Gasteiger partial charge in [0, 0.05) is 6.54 Å². The van der Waals surface area contributed by atoms with Crippen molar-refractivity contribution >= 4 is 28.9 Å². The summed E-state index contributed by atoms with van der Waals surface area (Å²) < 4.78 is 0. The predicted octanol–water partition coefficient (Wildman–Crippen LogP) is 0.991. The van der Waals surface area contributed by atoms with Gasteiger partial charge in [0.25, 0.3) is 0 Å². The van der Waals surface area contributed by atoms with Crippen LogP contribution in [0.25, 0.3) is 0 Å². The van der Waals surface area contributed by atoms with Crippen molar-refractivity contribution in [3.05, 3.63) is 0 Å². The number of carboxylic acids is 1. The second-order valence-corrected chi connectivity index (χ2v) is 4.31. The van der Waals surface area contributed by atoms with Crippen molar-refractivity contribution in [2.75, 3.05) is 12.8 Å². The first-order valence-electron chi connectivity index (χ1n) is 5.47. The molecule has 0 rings (SSSR count). The van der Waals surface area contributed by atoms with E-state index in [0.717, 1.165) is 11.8 Å². The third-order valence-electron chi connectivity index (χ3n) is 1.97. The molecule has 0 unspecified atom stereocenters. The quantitative estimate of drug-likeness (QED) is 0.262. The van der Waals surface area contributed by atoms with Crippen LogP contribution in [0.5, 0.6) is 0 Å². The summed E-state index contributed by atoms with van der Waals surface area (Å²) in [6.07, 6.45) is 3.36. The van der Waals surface area contributed by atoms with Gasteiger partial charge in [0.05, 0.1) is 5.84 Å². The summed E-state index contributed by atoms with van der Waals surface area (Å²) in [6.45, 7) is 2.03. The van der Waals surface area contributed by atoms with E-state index in [1.165, 1.54) is 0 Å². The Morgan fingerprint density at radius 2 is 2.17 bits per heavy atom. The number of aliphatic imine (C=N–C) groups is 1. The van der Waals surface area contributed by atoms with E-state index in [9.17, 15) is 9.59 Å². The molecule has 0 aromatic heterocycles. The molecule has 8 heteroatoms. The molecule has 1 atom stereocenters. The number of nitrogens with zero attached hydrogens (tertiary/aromatic N) is 1. The van der Waals surface area contributed by atoms with Gasteiger partial charge in [0.2, 0.25) is 0 Å². The van der Waals surface area contributed by atoms with E-state index in [1.807, 2.05) is 0 Å². The van der Waals surface area contributed by atoms with E-state index in [0.29, 0.717) is 25.8 Å². The van der Waals surface area contributed by atoms with Crippen molar-refractivity contribution in [1.29, 1.82) is 0 Å². The zero-order valence-electron chi connectivity index (χ0n) is 10.5. The standard InChI is InChI=1S/C10H19N3O4S/c1-7(11)13-8(9(14)15)5-3-4-6-12-17-10(16)18-2/h8,12H,3-6H2,1-2H3,(H2,11,13)(H,14,15)/t8-/m0/s1. The molecule has 104 valence electrons. The summed E-state index contributed by atoms with van der Waals surface area (Å²) in [5, 5.41) is 8.48. The molecule has 4 N–H and O–H groups in total. The van der Waals surface area contributed by atoms with Crippen molar-refractivity contribution in [3.8, 4) is 0 Å². The van der Waals surface area contributed by atoms with Crippen LogP contribution in [0.15, 0.2) is 4.99 Å². The molecule has 0 aromatic rings. The Balaban J connectivity index is 3.72. The summed E-state index contributed by atoms with van der Waals surface area (Å²) >= 11 is 0.971. The zero-order valence-corrected chi connectivity index (χ0v) is 11.3. The van der Waals surface area contributed by atoms with Gasteiger partial charge in [0.15, 0.2) is 0 Å². The van der Waals surface area contributed by atoms with Crippen molar-refractivity contribution in [3.63, 3.8) is 0 Å². The number of carboxylic acid groups (broad SMARTS) is 1. The molecule has 18 heavy (non-hydrogen) atoms. The fraction of sp³-hybridized carbons (Fsp3) is 0.700. The molecular weight excluding hydrogens is 258 g/mol. The third kappa shape index (κ3) is 8.82. The Kier molecular flexibility index (Phi) is 9.03. The summed E-state index contributed by atoms with van der Waals surface area (Å²) in [5.41, 5.74) is 7.85. The lowest BCUT2D eigenvalue weighted by atomic mass is 10.1. The van der Waals surface area contributed by atoms with Crippen LogP contribution in [0.1, 0.15) is 26.2 Å². The molecule has 0 spiro atoms. The van der Waals surface area contributed by atoms with Gasteiger partial charge in [-0.3, -0.25) is 4.99 Å². The molecule has 0 saturated carbocycles. The molecule has 0 amide bonds. The Labute approximate surface area is 110 Å². The number of unbranched alkanes of at least 4 members (excludes halogenated alkanes) is 1. The number of carbonyl (C=O) groups excluding carboxylic acids is 1. The van der Waals surface area contributed by atoms with E-state index >= 15 is 0 Å². The highest BCUT2D eigenvalue weighted by atomic mass is 32.2. The van der Waals surface area contributed by atoms with Crippen LogP contribution in [0.2, 0.25) is 0 Å². The first-order chi connectivity index (χ1) is 8.47. The van der Waals surface area contributed by atoms with E-state index in [1.54, 1.807) is 13.2 Å². The maximum absolute atomic E-state index is 10.8. The molecule has 7 nitrogen and oxygen atoms in total. The average Bonchev–Trinajstić information content (AvgIpc) is 2.30. The Hall–Kier alpha value is -1.28. The maximum Gasteiger partial charge on any atom is 0.385 e. The van der Waals surface area contributed by atoms with Crippen molar-refractivity contribution in [2.24, 2.45) is 10.7 Å². The fourth-order valence-electron chi connectivity index (χ4n) is 1.18. The third-order valence-corrected chi connectivity index (χ3v) is 2.39. The highest BCUT2D eigenvalue weighted by molar-refractivity contribution is 8.12. The van der Waals surface area contributed by atoms with Crippen LogP contribution in [0.4, 0.5) is 4.79 Å². The van der Waals surface area contributed by atoms with Gasteiger partial charge >= 0.3 is 11.3 Å². The molecule has 0 radical (unpaired) electrons. The lowest BCUT2D eigenvalue weighted by molar-refractivity contribution is -0.138. The first-order valence-corrected chi connectivity index (χ1v) is 6.70. The number of amidine groups is 1. The molecule has 0 aliphatic heterocycles. The van der Waals surface area contributed by atoms with E-state index in [4.69, 9.17) is 10.8 Å². The topological polar surface area (TPSA) is 114 Å². The van der Waals surface area contributed by atoms with Gasteiger partial charge in [-0.2, -0.15) is 5.48 Å². The lowest BCUT2D eigenvalue weighted by Gasteiger charge is -2.08. The summed E-state index contributed by atoms with van der Waals surface area (Å²) in [5.74, 6) is -0.726. The van der Waals surface area contributed by atoms with Gasteiger partial charge in [-0.1, -0.05) is 0 Å². The summed E-state index contributed by atoms with van der Waals surface area (Å²) in [4.78, 5) is 30.0. The molecule has 0 aliphatic carbocycles. The normalized spacial score (nSPS) is 13.1. The smallest absolute Gasteiger partial charge is 0.385 e. The summed E-state index contributed by atoms with van der Waals surface area (Å²) in [6, 6.07) is -0.802. The second-order valence-electron chi connectivity index (χ2n) is 3.57. The van der Waals surface area contributed by atoms with Crippen molar-refractivity contribution in [2.45, 2.75) is 32.2 Å². The molecular formula is C10H19N3O4S. The van der Waals surface area contributed by atoms with E-state index < -0.39 is 17.3 Å². The molecule has 0 aromatic carbocycles. The minimum atomic E-state index is -0.985. The number of hydrogen-bond donors (Lipinski definition) is 3. The van der Waals surface area contributed by atoms with Crippen LogP contribution in [0.3, 0.4) is 0 Å². The van der Waals surface area contributed by atoms with Crippen LogP contribution in [0, 0.1) is 0 Å². The predicted molar refractivity (Wildman–Crippen MR) is 70.6 cm³/mol. The Morgan fingerprint density at radius 1 is 1.50 bits per heavy atom. The monoisotopic (exact) mass is 277 g/mol. The van der Waals surface area contributed by atoms with Gasteiger partial charge in [-0.25, -0.2) is 9.59 Å². The van der Waals surface area contributed by atoms with E-state index in [2.05, 4.69) is 15.3 Å². The van der Waals surface area contributed by atoms with Gasteiger partial charge < -0.3 is 15.7 Å². The van der Waals surface area contributed by atoms with Gasteiger partial charge in [0.1, 0.15) is 6.04 Å². The molecule has 0 bridgehead atoms. The lowest BCUT2D eigenvalue weighted by Crippen LogP contribution is -2.23. The molecule has 0 aliphatic rings. The molecule has 0 fully saturated rings. The molecule has 0 heterocycles. The van der Waals surface area contributed by atoms with Crippen LogP contribution in [-0.2, 0) is 9.63 Å². The second kappa shape index (κ2) is 9.72. The van der Waals surface area contributed by atoms with Crippen molar-refractivity contribution < 1.29 is 19.5 Å². The number of hydroxylamine groups is 1. The average molecular weight is 277 g/mol. The number of nitrogens with two attached hydrogens (primary N) is 1. The number of aliphatic carboxylic acids is 1. The number of rotatable bonds is 8. The van der Waals surface area contributed by atoms with Gasteiger partial charge in [-0.15, -0.1) is 0 Å². The molecule has 0 saturated heterocycles. The Bertz CT molecular complexity index is 305. The number of nitrogens with one attached hydrogen (secondary N) is 1. The minimum Gasteiger partial charge on any atom is -0.480 e. The number of thioether (sulfide) groups is 1. The largest absolute Gasteiger partial charge is 0.480 e. The number of carbonyl (C=O) groups is 2. The SMILES string of the molecule is CSC(=O)ONCCCC[C@H](N=C(C)N)C(=O)O. The minimum absolute atomic E-state index is 0.259. The van der Waals surface area contributed by atoms with Crippen LogP contribution < -0.4 is 11.2 Å². The Morgan fingerprint density at radius 3 is 2.67 bits per heavy atom.